The van der Waals surface area contributed by atoms with E-state index in [1.807, 2.05) is 62.4 Å². The molecule has 0 heterocycles. The van der Waals surface area contributed by atoms with Gasteiger partial charge in [0.1, 0.15) is 12.4 Å². The highest BCUT2D eigenvalue weighted by Gasteiger charge is 2.11. The smallest absolute Gasteiger partial charge is 0.222 e. The van der Waals surface area contributed by atoms with Crippen LogP contribution in [0.15, 0.2) is 48.5 Å². The van der Waals surface area contributed by atoms with Crippen LogP contribution in [0.2, 0.25) is 0 Å². The molecule has 2 aromatic rings. The number of benzene rings is 2. The first kappa shape index (κ1) is 20.0. The van der Waals surface area contributed by atoms with Crippen LogP contribution in [0.4, 0.5) is 0 Å². The summed E-state index contributed by atoms with van der Waals surface area (Å²) in [4.78, 5) is 11.9. The molecular formula is C19H25ClN2O2. The number of nitrogens with one attached hydrogen (secondary N) is 1. The Morgan fingerprint density at radius 1 is 1.08 bits per heavy atom. The van der Waals surface area contributed by atoms with Crippen LogP contribution in [-0.2, 0) is 4.79 Å². The highest BCUT2D eigenvalue weighted by atomic mass is 35.5. The molecule has 2 aromatic carbocycles. The van der Waals surface area contributed by atoms with Gasteiger partial charge in [-0.3, -0.25) is 4.79 Å². The lowest BCUT2D eigenvalue weighted by Gasteiger charge is -2.14. The minimum absolute atomic E-state index is 0. The van der Waals surface area contributed by atoms with Crippen molar-refractivity contribution < 1.29 is 9.53 Å². The van der Waals surface area contributed by atoms with Crippen molar-refractivity contribution in [2.45, 2.75) is 26.3 Å². The molecule has 3 N–H and O–H groups in total. The molecule has 2 rings (SSSR count). The van der Waals surface area contributed by atoms with Crippen LogP contribution in [0.1, 0.15) is 29.2 Å². The Morgan fingerprint density at radius 2 is 1.71 bits per heavy atom. The number of carbonyl (C=O) groups excluding carboxylic acids is 1. The van der Waals surface area contributed by atoms with E-state index in [1.165, 1.54) is 0 Å². The summed E-state index contributed by atoms with van der Waals surface area (Å²) in [6.07, 6.45) is 0.271. The number of rotatable bonds is 7. The summed E-state index contributed by atoms with van der Waals surface area (Å²) >= 11 is 0. The standard InChI is InChI=1S/C19H24N2O2.ClH/c1-14-7-6-8-15(2)19(14)23-12-11-21-18(22)13-17(20)16-9-4-3-5-10-16;/h3-10,17H,11-13,20H2,1-2H3,(H,21,22);1H. The molecule has 5 heteroatoms. The van der Waals surface area contributed by atoms with Crippen molar-refractivity contribution in [1.29, 1.82) is 0 Å². The molecule has 0 fully saturated rings. The van der Waals surface area contributed by atoms with Crippen LogP contribution in [0.25, 0.3) is 0 Å². The number of hydrogen-bond donors (Lipinski definition) is 2. The van der Waals surface area contributed by atoms with Crippen molar-refractivity contribution in [3.8, 4) is 5.75 Å². The SMILES string of the molecule is Cc1cccc(C)c1OCCNC(=O)CC(N)c1ccccc1.Cl. The third kappa shape index (κ3) is 5.87. The Kier molecular flexibility index (Phi) is 8.30. The number of carbonyl (C=O) groups is 1. The molecule has 0 aliphatic heterocycles. The number of para-hydroxylation sites is 1. The van der Waals surface area contributed by atoms with E-state index in [0.29, 0.717) is 13.2 Å². The van der Waals surface area contributed by atoms with Crippen LogP contribution in [0.5, 0.6) is 5.75 Å². The molecule has 0 aromatic heterocycles. The van der Waals surface area contributed by atoms with Gasteiger partial charge in [-0.05, 0) is 30.5 Å². The molecule has 0 spiro atoms. The molecule has 0 aliphatic carbocycles. The zero-order valence-electron chi connectivity index (χ0n) is 14.1. The van der Waals surface area contributed by atoms with E-state index in [1.54, 1.807) is 0 Å². The fourth-order valence-electron chi connectivity index (χ4n) is 2.46. The minimum atomic E-state index is -0.282. The van der Waals surface area contributed by atoms with Crippen LogP contribution in [-0.4, -0.2) is 19.1 Å². The topological polar surface area (TPSA) is 64.3 Å². The minimum Gasteiger partial charge on any atom is -0.491 e. The first-order chi connectivity index (χ1) is 11.1. The molecule has 1 unspecified atom stereocenters. The predicted molar refractivity (Wildman–Crippen MR) is 99.7 cm³/mol. The first-order valence-electron chi connectivity index (χ1n) is 7.84. The molecule has 1 amide bonds. The van der Waals surface area contributed by atoms with E-state index in [4.69, 9.17) is 10.5 Å². The Balaban J connectivity index is 0.00000288. The maximum absolute atomic E-state index is 11.9. The Bertz CT molecular complexity index is 627. The van der Waals surface area contributed by atoms with Gasteiger partial charge in [-0.25, -0.2) is 0 Å². The normalized spacial score (nSPS) is 11.3. The second-order valence-electron chi connectivity index (χ2n) is 5.64. The summed E-state index contributed by atoms with van der Waals surface area (Å²) in [6.45, 7) is 4.94. The molecule has 0 saturated carbocycles. The van der Waals surface area contributed by atoms with Gasteiger partial charge in [0, 0.05) is 12.5 Å². The largest absolute Gasteiger partial charge is 0.491 e. The second-order valence-corrected chi connectivity index (χ2v) is 5.64. The van der Waals surface area contributed by atoms with Gasteiger partial charge in [0.05, 0.1) is 6.54 Å². The third-order valence-electron chi connectivity index (χ3n) is 3.71. The lowest BCUT2D eigenvalue weighted by molar-refractivity contribution is -0.121. The number of aryl methyl sites for hydroxylation is 2. The summed E-state index contributed by atoms with van der Waals surface area (Å²) in [6, 6.07) is 15.4. The van der Waals surface area contributed by atoms with Gasteiger partial charge >= 0.3 is 0 Å². The van der Waals surface area contributed by atoms with Crippen molar-refractivity contribution in [2.75, 3.05) is 13.2 Å². The van der Waals surface area contributed by atoms with E-state index in [0.717, 1.165) is 22.4 Å². The van der Waals surface area contributed by atoms with Crippen molar-refractivity contribution in [3.63, 3.8) is 0 Å². The lowest BCUT2D eigenvalue weighted by atomic mass is 10.0. The molecule has 1 atom stereocenters. The van der Waals surface area contributed by atoms with Gasteiger partial charge in [-0.2, -0.15) is 0 Å². The van der Waals surface area contributed by atoms with Gasteiger partial charge in [-0.15, -0.1) is 12.4 Å². The maximum atomic E-state index is 11.9. The highest BCUT2D eigenvalue weighted by Crippen LogP contribution is 2.21. The number of ether oxygens (including phenoxy) is 1. The fourth-order valence-corrected chi connectivity index (χ4v) is 2.46. The molecule has 24 heavy (non-hydrogen) atoms. The van der Waals surface area contributed by atoms with E-state index in [9.17, 15) is 4.79 Å². The number of nitrogens with two attached hydrogens (primary N) is 1. The molecule has 0 radical (unpaired) electrons. The van der Waals surface area contributed by atoms with Gasteiger partial charge in [0.15, 0.2) is 0 Å². The van der Waals surface area contributed by atoms with Crippen molar-refractivity contribution in [2.24, 2.45) is 5.73 Å². The van der Waals surface area contributed by atoms with E-state index < -0.39 is 0 Å². The van der Waals surface area contributed by atoms with Gasteiger partial charge in [0.25, 0.3) is 0 Å². The summed E-state index contributed by atoms with van der Waals surface area (Å²) in [5.41, 5.74) is 9.20. The summed E-state index contributed by atoms with van der Waals surface area (Å²) in [5, 5.41) is 2.85. The fraction of sp³-hybridized carbons (Fsp3) is 0.316. The number of hydrogen-bond acceptors (Lipinski definition) is 3. The van der Waals surface area contributed by atoms with Crippen LogP contribution in [0, 0.1) is 13.8 Å². The molecule has 0 saturated heterocycles. The van der Waals surface area contributed by atoms with Crippen molar-refractivity contribution >= 4 is 18.3 Å². The first-order valence-corrected chi connectivity index (χ1v) is 7.84. The Hall–Kier alpha value is -2.04. The number of halogens is 1. The summed E-state index contributed by atoms with van der Waals surface area (Å²) < 4.78 is 5.76. The van der Waals surface area contributed by atoms with Gasteiger partial charge < -0.3 is 15.8 Å². The van der Waals surface area contributed by atoms with Crippen molar-refractivity contribution in [3.05, 3.63) is 65.2 Å². The summed E-state index contributed by atoms with van der Waals surface area (Å²) in [7, 11) is 0. The maximum Gasteiger partial charge on any atom is 0.222 e. The van der Waals surface area contributed by atoms with Gasteiger partial charge in [0.2, 0.25) is 5.91 Å². The average molecular weight is 349 g/mol. The van der Waals surface area contributed by atoms with E-state index >= 15 is 0 Å². The Labute approximate surface area is 149 Å². The molecular weight excluding hydrogens is 324 g/mol. The van der Waals surface area contributed by atoms with Crippen LogP contribution >= 0.6 is 12.4 Å². The zero-order valence-corrected chi connectivity index (χ0v) is 14.9. The zero-order chi connectivity index (χ0) is 16.7. The predicted octanol–water partition coefficient (Wildman–Crippen LogP) is 3.31. The second kappa shape index (κ2) is 9.96. The van der Waals surface area contributed by atoms with E-state index in [2.05, 4.69) is 5.32 Å². The molecule has 130 valence electrons. The molecule has 0 aliphatic rings. The lowest BCUT2D eigenvalue weighted by Crippen LogP contribution is -2.30. The van der Waals surface area contributed by atoms with E-state index in [-0.39, 0.29) is 30.8 Å². The number of amides is 1. The van der Waals surface area contributed by atoms with Crippen molar-refractivity contribution in [1.82, 2.24) is 5.32 Å². The summed E-state index contributed by atoms with van der Waals surface area (Å²) in [5.74, 6) is 0.828. The Morgan fingerprint density at radius 3 is 2.33 bits per heavy atom. The molecule has 0 bridgehead atoms. The molecule has 4 nitrogen and oxygen atoms in total. The third-order valence-corrected chi connectivity index (χ3v) is 3.71. The quantitative estimate of drug-likeness (QED) is 0.754. The monoisotopic (exact) mass is 348 g/mol. The highest BCUT2D eigenvalue weighted by molar-refractivity contribution is 5.85. The van der Waals surface area contributed by atoms with Crippen LogP contribution < -0.4 is 15.8 Å². The van der Waals surface area contributed by atoms with Crippen LogP contribution in [0.3, 0.4) is 0 Å². The van der Waals surface area contributed by atoms with Gasteiger partial charge in [-0.1, -0.05) is 48.5 Å². The average Bonchev–Trinajstić information content (AvgIpc) is 2.54.